The average molecular weight is 375 g/mol. The highest BCUT2D eigenvalue weighted by Gasteiger charge is 2.54. The smallest absolute Gasteiger partial charge is 0.0830 e. The largest absolute Gasteiger partial charge is 0.197 e. The van der Waals surface area contributed by atoms with Crippen LogP contribution in [0.25, 0.3) is 0 Å². The molecule has 0 spiro atoms. The highest BCUT2D eigenvalue weighted by Crippen LogP contribution is 2.59. The monoisotopic (exact) mass is 372 g/mol. The number of hydrogen-bond donors (Lipinski definition) is 0. The molecule has 0 unspecified atom stereocenters. The molecule has 13 heavy (non-hydrogen) atoms. The normalized spacial score (nSPS) is 15.2. The standard InChI is InChI=1S/C8H13Br2Cl3/c1-5(2)7(9,10)6(3,4)8(11,12)13/h5H,1-4H3. The van der Waals surface area contributed by atoms with Crippen LogP contribution in [0.5, 0.6) is 0 Å². The Morgan fingerprint density at radius 3 is 1.38 bits per heavy atom. The number of halogens is 5. The van der Waals surface area contributed by atoms with Crippen molar-refractivity contribution in [3.05, 3.63) is 0 Å². The van der Waals surface area contributed by atoms with Crippen molar-refractivity contribution >= 4 is 66.7 Å². The van der Waals surface area contributed by atoms with Crippen LogP contribution in [0.2, 0.25) is 0 Å². The first kappa shape index (κ1) is 14.8. The van der Waals surface area contributed by atoms with Crippen molar-refractivity contribution < 1.29 is 0 Å². The molecule has 5 heteroatoms. The van der Waals surface area contributed by atoms with Gasteiger partial charge >= 0.3 is 0 Å². The second kappa shape index (κ2) is 4.37. The van der Waals surface area contributed by atoms with Crippen LogP contribution >= 0.6 is 66.7 Å². The Labute approximate surface area is 112 Å². The van der Waals surface area contributed by atoms with Gasteiger partial charge in [-0.15, -0.1) is 0 Å². The van der Waals surface area contributed by atoms with Gasteiger partial charge in [0.05, 0.1) is 3.23 Å². The highest BCUT2D eigenvalue weighted by atomic mass is 79.9. The summed E-state index contributed by atoms with van der Waals surface area (Å²) in [5.41, 5.74) is -0.515. The summed E-state index contributed by atoms with van der Waals surface area (Å²) in [6.45, 7) is 7.93. The van der Waals surface area contributed by atoms with E-state index in [1.807, 2.05) is 13.8 Å². The minimum absolute atomic E-state index is 0.304. The van der Waals surface area contributed by atoms with Crippen molar-refractivity contribution in [1.82, 2.24) is 0 Å². The number of alkyl halides is 5. The average Bonchev–Trinajstić information content (AvgIpc) is 1.84. The lowest BCUT2D eigenvalue weighted by Gasteiger charge is -2.45. The van der Waals surface area contributed by atoms with Crippen molar-refractivity contribution in [1.29, 1.82) is 0 Å². The van der Waals surface area contributed by atoms with Crippen LogP contribution in [0.1, 0.15) is 27.7 Å². The van der Waals surface area contributed by atoms with Crippen LogP contribution in [-0.4, -0.2) is 7.03 Å². The maximum Gasteiger partial charge on any atom is 0.197 e. The topological polar surface area (TPSA) is 0 Å². The van der Waals surface area contributed by atoms with Crippen LogP contribution < -0.4 is 0 Å². The molecule has 0 saturated carbocycles. The van der Waals surface area contributed by atoms with Crippen molar-refractivity contribution in [3.63, 3.8) is 0 Å². The molecule has 0 heterocycles. The molecule has 0 N–H and O–H groups in total. The van der Waals surface area contributed by atoms with Gasteiger partial charge in [-0.1, -0.05) is 94.4 Å². The van der Waals surface area contributed by atoms with Crippen LogP contribution in [0.4, 0.5) is 0 Å². The molecular formula is C8H13Br2Cl3. The molecule has 0 nitrogen and oxygen atoms in total. The van der Waals surface area contributed by atoms with E-state index < -0.39 is 12.4 Å². The first-order valence-corrected chi connectivity index (χ1v) is 6.61. The Bertz CT molecular complexity index is 182. The van der Waals surface area contributed by atoms with E-state index in [0.29, 0.717) is 5.92 Å². The zero-order valence-electron chi connectivity index (χ0n) is 7.97. The predicted octanol–water partition coefficient (Wildman–Crippen LogP) is 5.52. The minimum Gasteiger partial charge on any atom is -0.0830 e. The maximum atomic E-state index is 5.92. The van der Waals surface area contributed by atoms with E-state index in [-0.39, 0.29) is 0 Å². The van der Waals surface area contributed by atoms with Gasteiger partial charge in [0.15, 0.2) is 3.79 Å². The van der Waals surface area contributed by atoms with Gasteiger partial charge in [0, 0.05) is 5.41 Å². The zero-order valence-corrected chi connectivity index (χ0v) is 13.4. The molecule has 0 aromatic carbocycles. The van der Waals surface area contributed by atoms with Gasteiger partial charge in [-0.2, -0.15) is 0 Å². The lowest BCUT2D eigenvalue weighted by molar-refractivity contribution is 0.292. The molecule has 0 radical (unpaired) electrons. The Morgan fingerprint density at radius 2 is 1.31 bits per heavy atom. The van der Waals surface area contributed by atoms with E-state index in [0.717, 1.165) is 0 Å². The fourth-order valence-electron chi connectivity index (χ4n) is 0.911. The molecule has 0 fully saturated rings. The van der Waals surface area contributed by atoms with Gasteiger partial charge in [0.25, 0.3) is 0 Å². The van der Waals surface area contributed by atoms with E-state index >= 15 is 0 Å². The molecule has 0 aliphatic carbocycles. The van der Waals surface area contributed by atoms with Crippen molar-refractivity contribution in [2.75, 3.05) is 0 Å². The molecule has 0 saturated heterocycles. The van der Waals surface area contributed by atoms with Crippen LogP contribution in [0, 0.1) is 11.3 Å². The van der Waals surface area contributed by atoms with E-state index in [9.17, 15) is 0 Å². The Balaban J connectivity index is 5.04. The molecule has 0 aromatic heterocycles. The molecule has 0 aromatic rings. The van der Waals surface area contributed by atoms with E-state index in [2.05, 4.69) is 45.7 Å². The first-order chi connectivity index (χ1) is 5.44. The molecule has 80 valence electrons. The molecule has 0 rings (SSSR count). The summed E-state index contributed by atoms with van der Waals surface area (Å²) in [4.78, 5) is 0. The second-order valence-corrected chi connectivity index (χ2v) is 9.75. The molecule has 0 atom stereocenters. The lowest BCUT2D eigenvalue weighted by Crippen LogP contribution is -2.46. The molecule has 0 bridgehead atoms. The van der Waals surface area contributed by atoms with Gasteiger partial charge in [-0.3, -0.25) is 0 Å². The van der Waals surface area contributed by atoms with E-state index in [1.54, 1.807) is 0 Å². The number of hydrogen-bond acceptors (Lipinski definition) is 0. The molecule has 0 amide bonds. The summed E-state index contributed by atoms with van der Waals surface area (Å²) >= 11 is 24.9. The highest BCUT2D eigenvalue weighted by molar-refractivity contribution is 9.25. The summed E-state index contributed by atoms with van der Waals surface area (Å²) in [5, 5.41) is 0. The second-order valence-electron chi connectivity index (χ2n) is 3.90. The molecule has 0 aliphatic rings. The van der Waals surface area contributed by atoms with Gasteiger partial charge in [0.1, 0.15) is 0 Å². The van der Waals surface area contributed by atoms with Crippen LogP contribution in [0.3, 0.4) is 0 Å². The fraction of sp³-hybridized carbons (Fsp3) is 1.00. The van der Waals surface area contributed by atoms with Crippen molar-refractivity contribution in [2.45, 2.75) is 34.7 Å². The summed E-state index contributed by atoms with van der Waals surface area (Å²) in [6.07, 6.45) is 0. The first-order valence-electron chi connectivity index (χ1n) is 3.89. The summed E-state index contributed by atoms with van der Waals surface area (Å²) in [7, 11) is 0. The minimum atomic E-state index is -1.32. The molecular weight excluding hydrogens is 362 g/mol. The van der Waals surface area contributed by atoms with Gasteiger partial charge < -0.3 is 0 Å². The molecule has 0 aliphatic heterocycles. The number of rotatable bonds is 2. The fourth-order valence-corrected chi connectivity index (χ4v) is 2.64. The Morgan fingerprint density at radius 1 is 1.00 bits per heavy atom. The maximum absolute atomic E-state index is 5.92. The van der Waals surface area contributed by atoms with Crippen LogP contribution in [0.15, 0.2) is 0 Å². The van der Waals surface area contributed by atoms with E-state index in [1.165, 1.54) is 0 Å². The van der Waals surface area contributed by atoms with Gasteiger partial charge in [-0.25, -0.2) is 0 Å². The third kappa shape index (κ3) is 2.90. The third-order valence-electron chi connectivity index (χ3n) is 2.27. The third-order valence-corrected chi connectivity index (χ3v) is 7.50. The predicted molar refractivity (Wildman–Crippen MR) is 69.5 cm³/mol. The Hall–Kier alpha value is 1.83. The van der Waals surface area contributed by atoms with Gasteiger partial charge in [-0.05, 0) is 5.92 Å². The van der Waals surface area contributed by atoms with E-state index in [4.69, 9.17) is 34.8 Å². The summed E-state index contributed by atoms with van der Waals surface area (Å²) in [5.74, 6) is 0.304. The Kier molecular flexibility index (Phi) is 4.98. The quantitative estimate of drug-likeness (QED) is 0.557. The van der Waals surface area contributed by atoms with Crippen molar-refractivity contribution in [2.24, 2.45) is 11.3 Å². The van der Waals surface area contributed by atoms with Crippen LogP contribution in [-0.2, 0) is 0 Å². The zero-order chi connectivity index (χ0) is 11.1. The summed E-state index contributed by atoms with van der Waals surface area (Å²) in [6, 6.07) is 0. The van der Waals surface area contributed by atoms with Gasteiger partial charge in [0.2, 0.25) is 0 Å². The SMILES string of the molecule is CC(C)C(Br)(Br)C(C)(C)C(Cl)(Cl)Cl. The lowest BCUT2D eigenvalue weighted by atomic mass is 9.85. The van der Waals surface area contributed by atoms with Crippen molar-refractivity contribution in [3.8, 4) is 0 Å². The summed E-state index contributed by atoms with van der Waals surface area (Å²) < 4.78 is -1.71.